The Morgan fingerprint density at radius 3 is 2.53 bits per heavy atom. The van der Waals surface area contributed by atoms with Crippen LogP contribution in [0.5, 0.6) is 0 Å². The van der Waals surface area contributed by atoms with Gasteiger partial charge in [-0.25, -0.2) is 4.98 Å². The Hall–Kier alpha value is -3.07. The quantitative estimate of drug-likeness (QED) is 0.274. The highest BCUT2D eigenvalue weighted by Crippen LogP contribution is 2.47. The van der Waals surface area contributed by atoms with Crippen molar-refractivity contribution in [1.29, 1.82) is 0 Å². The van der Waals surface area contributed by atoms with E-state index in [0.29, 0.717) is 44.6 Å². The van der Waals surface area contributed by atoms with E-state index in [9.17, 15) is 9.36 Å². The van der Waals surface area contributed by atoms with Crippen LogP contribution in [0.25, 0.3) is 10.9 Å². The second kappa shape index (κ2) is 12.7. The number of pyridine rings is 1. The first-order chi connectivity index (χ1) is 18.3. The van der Waals surface area contributed by atoms with Gasteiger partial charge in [0.25, 0.3) is 5.91 Å². The van der Waals surface area contributed by atoms with Crippen molar-refractivity contribution >= 4 is 41.6 Å². The summed E-state index contributed by atoms with van der Waals surface area (Å²) in [7, 11) is -3.09. The van der Waals surface area contributed by atoms with Crippen molar-refractivity contribution in [3.05, 3.63) is 48.3 Å². The van der Waals surface area contributed by atoms with Crippen LogP contribution in [-0.2, 0) is 13.6 Å². The number of benzene rings is 1. The third kappa shape index (κ3) is 6.87. The van der Waals surface area contributed by atoms with Crippen LogP contribution in [0, 0.1) is 0 Å². The second-order valence-corrected chi connectivity index (χ2v) is 11.7. The molecule has 1 saturated heterocycles. The number of nitrogens with zero attached hydrogens (tertiary/aromatic N) is 3. The molecule has 38 heavy (non-hydrogen) atoms. The number of hydrogen-bond donors (Lipinski definition) is 3. The largest absolute Gasteiger partial charge is 0.384 e. The van der Waals surface area contributed by atoms with Crippen LogP contribution in [0.3, 0.4) is 0 Å². The van der Waals surface area contributed by atoms with Crippen molar-refractivity contribution in [1.82, 2.24) is 14.9 Å². The zero-order valence-electron chi connectivity index (χ0n) is 22.7. The molecule has 4 rings (SSSR count). The predicted molar refractivity (Wildman–Crippen MR) is 154 cm³/mol. The lowest BCUT2D eigenvalue weighted by molar-refractivity contribution is 0.0741. The molecule has 3 N–H and O–H groups in total. The lowest BCUT2D eigenvalue weighted by atomic mass is 10.2. The van der Waals surface area contributed by atoms with Crippen LogP contribution in [0.1, 0.15) is 38.2 Å². The number of H-pyrrole nitrogens is 1. The number of anilines is 3. The number of aromatic amines is 1. The number of rotatable bonds is 12. The maximum Gasteiger partial charge on any atom is 0.332 e. The molecule has 1 aliphatic heterocycles. The van der Waals surface area contributed by atoms with Crippen molar-refractivity contribution in [3.63, 3.8) is 0 Å². The van der Waals surface area contributed by atoms with Crippen LogP contribution >= 0.6 is 7.60 Å². The number of carbonyl (C=O) groups is 1. The van der Waals surface area contributed by atoms with Crippen LogP contribution in [0.4, 0.5) is 17.2 Å². The van der Waals surface area contributed by atoms with Gasteiger partial charge in [-0.1, -0.05) is 0 Å². The molecule has 0 unspecified atom stereocenters. The summed E-state index contributed by atoms with van der Waals surface area (Å²) in [5.74, 6) is 0.920. The number of piperazine rings is 1. The van der Waals surface area contributed by atoms with E-state index in [1.54, 1.807) is 13.8 Å². The molecule has 0 saturated carbocycles. The molecule has 0 bridgehead atoms. The molecule has 1 aromatic carbocycles. The number of carbonyl (C=O) groups excluding carboxylic acids is 1. The zero-order valence-corrected chi connectivity index (χ0v) is 23.6. The summed E-state index contributed by atoms with van der Waals surface area (Å²) in [5.41, 5.74) is 3.36. The van der Waals surface area contributed by atoms with Gasteiger partial charge in [0.15, 0.2) is 5.82 Å². The van der Waals surface area contributed by atoms with Crippen molar-refractivity contribution < 1.29 is 18.4 Å². The minimum absolute atomic E-state index is 0.00808. The number of nitrogens with one attached hydrogen (secondary N) is 3. The van der Waals surface area contributed by atoms with E-state index in [-0.39, 0.29) is 12.1 Å². The van der Waals surface area contributed by atoms with Gasteiger partial charge in [-0.05, 0) is 64.1 Å². The fourth-order valence-electron chi connectivity index (χ4n) is 4.62. The Balaban J connectivity index is 1.36. The number of aromatic nitrogens is 2. The van der Waals surface area contributed by atoms with E-state index < -0.39 is 7.60 Å². The summed E-state index contributed by atoms with van der Waals surface area (Å²) < 4.78 is 23.4. The smallest absolute Gasteiger partial charge is 0.332 e. The third-order valence-corrected chi connectivity index (χ3v) is 8.39. The third-order valence-electron chi connectivity index (χ3n) is 6.31. The zero-order chi connectivity index (χ0) is 27.1. The molecular formula is C27H39N6O4P. The number of hydrogen-bond acceptors (Lipinski definition) is 8. The Kier molecular flexibility index (Phi) is 9.31. The topological polar surface area (TPSA) is 112 Å². The van der Waals surface area contributed by atoms with Gasteiger partial charge in [-0.3, -0.25) is 9.36 Å². The summed E-state index contributed by atoms with van der Waals surface area (Å²) >= 11 is 0. The molecule has 11 heteroatoms. The highest BCUT2D eigenvalue weighted by atomic mass is 31.2. The lowest BCUT2D eigenvalue weighted by Gasteiger charge is -2.36. The SMILES string of the molecule is CCOP(=O)(CCNc1ccc2[nH]c(C(=O)N3CCN(c4ncccc4NC(C)C)CC3)cc2c1)OCC. The molecule has 0 spiro atoms. The molecular weight excluding hydrogens is 503 g/mol. The fourth-order valence-corrected chi connectivity index (χ4v) is 6.12. The predicted octanol–water partition coefficient (Wildman–Crippen LogP) is 5.02. The van der Waals surface area contributed by atoms with Gasteiger partial charge >= 0.3 is 7.60 Å². The van der Waals surface area contributed by atoms with Gasteiger partial charge in [-0.15, -0.1) is 0 Å². The molecule has 0 radical (unpaired) electrons. The van der Waals surface area contributed by atoms with Crippen molar-refractivity contribution in [2.75, 3.05) is 67.6 Å². The van der Waals surface area contributed by atoms with Gasteiger partial charge in [0, 0.05) is 61.6 Å². The van der Waals surface area contributed by atoms with E-state index in [1.807, 2.05) is 47.5 Å². The molecule has 10 nitrogen and oxygen atoms in total. The average Bonchev–Trinajstić information content (AvgIpc) is 3.32. The lowest BCUT2D eigenvalue weighted by Crippen LogP contribution is -2.49. The van der Waals surface area contributed by atoms with E-state index in [4.69, 9.17) is 9.05 Å². The van der Waals surface area contributed by atoms with E-state index >= 15 is 0 Å². The Bertz CT molecular complexity index is 1260. The van der Waals surface area contributed by atoms with Crippen molar-refractivity contribution in [3.8, 4) is 0 Å². The molecule has 2 aromatic heterocycles. The summed E-state index contributed by atoms with van der Waals surface area (Å²) in [6.07, 6.45) is 2.09. The normalized spacial score (nSPS) is 14.3. The second-order valence-electron chi connectivity index (χ2n) is 9.53. The molecule has 1 aliphatic rings. The van der Waals surface area contributed by atoms with Gasteiger partial charge < -0.3 is 34.5 Å². The summed E-state index contributed by atoms with van der Waals surface area (Å²) in [4.78, 5) is 25.3. The summed E-state index contributed by atoms with van der Waals surface area (Å²) in [5, 5.41) is 7.69. The van der Waals surface area contributed by atoms with Crippen molar-refractivity contribution in [2.24, 2.45) is 0 Å². The van der Waals surface area contributed by atoms with Gasteiger partial charge in [0.05, 0.1) is 25.1 Å². The minimum Gasteiger partial charge on any atom is -0.384 e. The maximum atomic E-state index is 13.3. The van der Waals surface area contributed by atoms with Crippen LogP contribution in [0.2, 0.25) is 0 Å². The Morgan fingerprint density at radius 2 is 1.84 bits per heavy atom. The van der Waals surface area contributed by atoms with Crippen LogP contribution < -0.4 is 15.5 Å². The van der Waals surface area contributed by atoms with Crippen LogP contribution in [-0.4, -0.2) is 78.9 Å². The summed E-state index contributed by atoms with van der Waals surface area (Å²) in [6.45, 7) is 11.7. The average molecular weight is 543 g/mol. The molecule has 3 heterocycles. The first-order valence-corrected chi connectivity index (χ1v) is 15.0. The molecule has 3 aromatic rings. The molecule has 206 valence electrons. The Morgan fingerprint density at radius 1 is 1.11 bits per heavy atom. The van der Waals surface area contributed by atoms with Gasteiger partial charge in [0.2, 0.25) is 0 Å². The van der Waals surface area contributed by atoms with Crippen LogP contribution in [0.15, 0.2) is 42.6 Å². The first kappa shape index (κ1) is 28.0. The minimum atomic E-state index is -3.09. The fraction of sp³-hybridized carbons (Fsp3) is 0.481. The van der Waals surface area contributed by atoms with Crippen molar-refractivity contribution in [2.45, 2.75) is 33.7 Å². The van der Waals surface area contributed by atoms with Gasteiger partial charge in [-0.2, -0.15) is 0 Å². The van der Waals surface area contributed by atoms with E-state index in [0.717, 1.165) is 41.2 Å². The van der Waals surface area contributed by atoms with Gasteiger partial charge in [0.1, 0.15) is 5.69 Å². The maximum absolute atomic E-state index is 13.3. The summed E-state index contributed by atoms with van der Waals surface area (Å²) in [6, 6.07) is 12.1. The number of fused-ring (bicyclic) bond motifs is 1. The highest BCUT2D eigenvalue weighted by Gasteiger charge is 2.26. The molecule has 1 amide bonds. The number of amides is 1. The van der Waals surface area contributed by atoms with E-state index in [1.165, 1.54) is 0 Å². The Labute approximate surface area is 224 Å². The molecule has 0 atom stereocenters. The first-order valence-electron chi connectivity index (χ1n) is 13.3. The highest BCUT2D eigenvalue weighted by molar-refractivity contribution is 7.53. The van der Waals surface area contributed by atoms with E-state index in [2.05, 4.69) is 39.3 Å². The monoisotopic (exact) mass is 542 g/mol. The molecule has 0 aliphatic carbocycles. The molecule has 1 fully saturated rings. The standard InChI is InChI=1S/C27H39N6O4P/c1-5-36-38(35,37-6-2)17-12-28-22-9-10-23-21(18-22)19-25(31-23)27(34)33-15-13-32(14-16-33)26-24(30-20(3)4)8-7-11-29-26/h7-11,18-20,28,30-31H,5-6,12-17H2,1-4H3.